The summed E-state index contributed by atoms with van der Waals surface area (Å²) in [4.78, 5) is 17.7. The molecule has 7 heteroatoms. The van der Waals surface area contributed by atoms with Crippen molar-refractivity contribution < 1.29 is 13.9 Å². The lowest BCUT2D eigenvalue weighted by molar-refractivity contribution is 0.0520. The molecule has 1 aliphatic rings. The molecule has 0 atom stereocenters. The summed E-state index contributed by atoms with van der Waals surface area (Å²) in [5, 5.41) is 5.23. The van der Waals surface area contributed by atoms with Crippen LogP contribution < -0.4 is 0 Å². The van der Waals surface area contributed by atoms with E-state index in [-0.39, 0.29) is 17.7 Å². The van der Waals surface area contributed by atoms with Crippen LogP contribution in [-0.2, 0) is 18.3 Å². The molecule has 136 valence electrons. The maximum absolute atomic E-state index is 13.3. The number of aromatic amines is 1. The maximum Gasteiger partial charge on any atom is 0.341 e. The highest BCUT2D eigenvalue weighted by Gasteiger charge is 2.34. The Morgan fingerprint density at radius 3 is 2.96 bits per heavy atom. The summed E-state index contributed by atoms with van der Waals surface area (Å²) >= 11 is 0. The van der Waals surface area contributed by atoms with Gasteiger partial charge in [-0.15, -0.1) is 0 Å². The fourth-order valence-corrected chi connectivity index (χ4v) is 3.65. The monoisotopic (exact) mass is 356 g/mol. The number of ether oxygens (including phenoxy) is 1. The predicted molar refractivity (Wildman–Crippen MR) is 95.4 cm³/mol. The molecule has 1 N–H and O–H groups in total. The lowest BCUT2D eigenvalue weighted by Crippen LogP contribution is -2.45. The Bertz CT molecular complexity index is 956. The van der Waals surface area contributed by atoms with Gasteiger partial charge in [0.15, 0.2) is 0 Å². The molecular formula is C19H21FN4O2. The number of hydrogen-bond donors (Lipinski definition) is 1. The van der Waals surface area contributed by atoms with E-state index in [0.29, 0.717) is 12.2 Å². The second-order valence-electron chi connectivity index (χ2n) is 6.70. The molecule has 0 saturated carbocycles. The number of nitrogens with zero attached hydrogens (tertiary/aromatic N) is 3. The van der Waals surface area contributed by atoms with Crippen LogP contribution in [0.15, 0.2) is 30.5 Å². The zero-order valence-electron chi connectivity index (χ0n) is 14.8. The van der Waals surface area contributed by atoms with Gasteiger partial charge < -0.3 is 9.72 Å². The second-order valence-corrected chi connectivity index (χ2v) is 6.70. The molecule has 0 spiro atoms. The molecule has 1 aromatic carbocycles. The molecule has 1 fully saturated rings. The Labute approximate surface area is 150 Å². The average Bonchev–Trinajstić information content (AvgIpc) is 3.13. The normalized spacial score (nSPS) is 15.3. The number of benzene rings is 1. The van der Waals surface area contributed by atoms with Gasteiger partial charge >= 0.3 is 5.97 Å². The summed E-state index contributed by atoms with van der Waals surface area (Å²) in [5.41, 5.74) is 3.35. The summed E-state index contributed by atoms with van der Waals surface area (Å²) < 4.78 is 20.2. The minimum atomic E-state index is -0.313. The van der Waals surface area contributed by atoms with Gasteiger partial charge in [0.05, 0.1) is 18.5 Å². The standard InChI is InChI=1S/C19H21FN4O2/c1-3-26-19(25)16-8-21-23(2)18(16)13-9-24(10-13)11-15-6-12-4-5-14(20)7-17(12)22-15/h4-8,13,22H,3,9-11H2,1-2H3. The van der Waals surface area contributed by atoms with Crippen molar-refractivity contribution in [3.8, 4) is 0 Å². The number of nitrogens with one attached hydrogen (secondary N) is 1. The van der Waals surface area contributed by atoms with Gasteiger partial charge in [0.2, 0.25) is 0 Å². The van der Waals surface area contributed by atoms with Gasteiger partial charge in [-0.3, -0.25) is 9.58 Å². The molecular weight excluding hydrogens is 335 g/mol. The summed E-state index contributed by atoms with van der Waals surface area (Å²) in [6.45, 7) is 4.60. The van der Waals surface area contributed by atoms with Crippen molar-refractivity contribution in [2.75, 3.05) is 19.7 Å². The molecule has 3 heterocycles. The second kappa shape index (κ2) is 6.57. The van der Waals surface area contributed by atoms with E-state index in [1.807, 2.05) is 7.05 Å². The van der Waals surface area contributed by atoms with Crippen LogP contribution in [0.5, 0.6) is 0 Å². The molecule has 0 amide bonds. The quantitative estimate of drug-likeness (QED) is 0.714. The van der Waals surface area contributed by atoms with E-state index in [0.717, 1.165) is 41.9 Å². The molecule has 0 unspecified atom stereocenters. The number of aromatic nitrogens is 3. The third-order valence-corrected chi connectivity index (χ3v) is 4.86. The zero-order valence-corrected chi connectivity index (χ0v) is 14.8. The molecule has 1 aliphatic heterocycles. The molecule has 0 bridgehead atoms. The average molecular weight is 356 g/mol. The van der Waals surface area contributed by atoms with E-state index >= 15 is 0 Å². The minimum Gasteiger partial charge on any atom is -0.462 e. The first kappa shape index (κ1) is 16.8. The third-order valence-electron chi connectivity index (χ3n) is 4.86. The van der Waals surface area contributed by atoms with E-state index in [9.17, 15) is 9.18 Å². The molecule has 0 radical (unpaired) electrons. The van der Waals surface area contributed by atoms with Gasteiger partial charge in [0, 0.05) is 43.8 Å². The fraction of sp³-hybridized carbons (Fsp3) is 0.368. The van der Waals surface area contributed by atoms with E-state index < -0.39 is 0 Å². The highest BCUT2D eigenvalue weighted by Crippen LogP contribution is 2.31. The number of esters is 1. The first-order valence-corrected chi connectivity index (χ1v) is 8.73. The van der Waals surface area contributed by atoms with Gasteiger partial charge in [-0.25, -0.2) is 9.18 Å². The number of carbonyl (C=O) groups excluding carboxylic acids is 1. The molecule has 3 aromatic rings. The van der Waals surface area contributed by atoms with Gasteiger partial charge in [0.1, 0.15) is 11.4 Å². The number of halogens is 1. The lowest BCUT2D eigenvalue weighted by atomic mass is 9.93. The van der Waals surface area contributed by atoms with Crippen LogP contribution in [-0.4, -0.2) is 45.3 Å². The maximum atomic E-state index is 13.3. The molecule has 2 aromatic heterocycles. The van der Waals surface area contributed by atoms with Crippen molar-refractivity contribution in [2.45, 2.75) is 19.4 Å². The van der Waals surface area contributed by atoms with Crippen LogP contribution >= 0.6 is 0 Å². The molecule has 4 rings (SSSR count). The van der Waals surface area contributed by atoms with Crippen molar-refractivity contribution >= 4 is 16.9 Å². The van der Waals surface area contributed by atoms with E-state index in [2.05, 4.69) is 21.0 Å². The van der Waals surface area contributed by atoms with Crippen LogP contribution in [0.1, 0.15) is 34.6 Å². The van der Waals surface area contributed by atoms with Gasteiger partial charge in [-0.05, 0) is 36.6 Å². The third kappa shape index (κ3) is 2.99. The molecule has 1 saturated heterocycles. The van der Waals surface area contributed by atoms with Crippen molar-refractivity contribution in [1.82, 2.24) is 19.7 Å². The highest BCUT2D eigenvalue weighted by molar-refractivity contribution is 5.90. The SMILES string of the molecule is CCOC(=O)c1cnn(C)c1C1CN(Cc2cc3ccc(F)cc3[nH]2)C1. The van der Waals surface area contributed by atoms with E-state index in [1.54, 1.807) is 23.9 Å². The minimum absolute atomic E-state index is 0.238. The Morgan fingerprint density at radius 2 is 2.19 bits per heavy atom. The Kier molecular flexibility index (Phi) is 4.24. The van der Waals surface area contributed by atoms with Crippen LogP contribution in [0.3, 0.4) is 0 Å². The van der Waals surface area contributed by atoms with Crippen molar-refractivity contribution in [3.63, 3.8) is 0 Å². The molecule has 6 nitrogen and oxygen atoms in total. The number of H-pyrrole nitrogens is 1. The number of likely N-dealkylation sites (tertiary alicyclic amines) is 1. The van der Waals surface area contributed by atoms with Crippen molar-refractivity contribution in [2.24, 2.45) is 7.05 Å². The van der Waals surface area contributed by atoms with Crippen LogP contribution in [0.25, 0.3) is 10.9 Å². The number of fused-ring (bicyclic) bond motifs is 1. The topological polar surface area (TPSA) is 63.1 Å². The first-order valence-electron chi connectivity index (χ1n) is 8.73. The Morgan fingerprint density at radius 1 is 1.38 bits per heavy atom. The van der Waals surface area contributed by atoms with Gasteiger partial charge in [-0.1, -0.05) is 0 Å². The largest absolute Gasteiger partial charge is 0.462 e. The summed E-state index contributed by atoms with van der Waals surface area (Å²) in [5.74, 6) is -0.298. The summed E-state index contributed by atoms with van der Waals surface area (Å²) in [6.07, 6.45) is 1.59. The number of rotatable bonds is 5. The summed E-state index contributed by atoms with van der Waals surface area (Å²) in [7, 11) is 1.85. The first-order chi connectivity index (χ1) is 12.5. The molecule has 0 aliphatic carbocycles. The number of hydrogen-bond acceptors (Lipinski definition) is 4. The van der Waals surface area contributed by atoms with Crippen LogP contribution in [0.2, 0.25) is 0 Å². The fourth-order valence-electron chi connectivity index (χ4n) is 3.65. The van der Waals surface area contributed by atoms with Crippen molar-refractivity contribution in [1.29, 1.82) is 0 Å². The van der Waals surface area contributed by atoms with Crippen LogP contribution in [0.4, 0.5) is 4.39 Å². The van der Waals surface area contributed by atoms with E-state index in [4.69, 9.17) is 4.74 Å². The van der Waals surface area contributed by atoms with Crippen LogP contribution in [0, 0.1) is 5.82 Å². The Balaban J connectivity index is 1.44. The smallest absolute Gasteiger partial charge is 0.341 e. The number of aryl methyl sites for hydroxylation is 1. The zero-order chi connectivity index (χ0) is 18.3. The summed E-state index contributed by atoms with van der Waals surface area (Å²) in [6, 6.07) is 6.82. The van der Waals surface area contributed by atoms with E-state index in [1.165, 1.54) is 12.1 Å². The number of carbonyl (C=O) groups is 1. The van der Waals surface area contributed by atoms with Gasteiger partial charge in [0.25, 0.3) is 0 Å². The lowest BCUT2D eigenvalue weighted by Gasteiger charge is -2.39. The predicted octanol–water partition coefficient (Wildman–Crippen LogP) is 2.82. The Hall–Kier alpha value is -2.67. The van der Waals surface area contributed by atoms with Gasteiger partial charge in [-0.2, -0.15) is 5.10 Å². The van der Waals surface area contributed by atoms with Crippen molar-refractivity contribution in [3.05, 3.63) is 53.2 Å². The molecule has 26 heavy (non-hydrogen) atoms. The highest BCUT2D eigenvalue weighted by atomic mass is 19.1.